The molecule has 24 rings (SSSR count). The van der Waals surface area contributed by atoms with Crippen molar-refractivity contribution in [2.75, 3.05) is 92.1 Å². The Morgan fingerprint density at radius 1 is 0.313 bits per heavy atom. The molecule has 6 saturated carbocycles. The number of benzene rings is 6. The maximum atomic E-state index is 13.3. The summed E-state index contributed by atoms with van der Waals surface area (Å²) in [4.78, 5) is 127. The van der Waals surface area contributed by atoms with E-state index in [2.05, 4.69) is 49.9 Å². The van der Waals surface area contributed by atoms with Gasteiger partial charge in [-0.05, 0) is 344 Å². The number of imide groups is 2. The molecule has 0 aromatic heterocycles. The second-order valence-electron chi connectivity index (χ2n) is 43.4. The van der Waals surface area contributed by atoms with Gasteiger partial charge in [0.25, 0.3) is 35.4 Å². The second kappa shape index (κ2) is 43.6. The molecule has 12 spiro atoms. The van der Waals surface area contributed by atoms with Gasteiger partial charge in [0, 0.05) is 154 Å². The van der Waals surface area contributed by atoms with E-state index in [0.717, 1.165) is 265 Å². The molecule has 13 N–H and O–H groups in total. The first-order valence-corrected chi connectivity index (χ1v) is 54.0. The summed E-state index contributed by atoms with van der Waals surface area (Å²) in [6, 6.07) is 34.6. The first-order chi connectivity index (χ1) is 70.6. The van der Waals surface area contributed by atoms with Crippen LogP contribution in [0.3, 0.4) is 0 Å². The number of aliphatic hydroxyl groups excluding tert-OH is 1. The molecule has 0 bridgehead atoms. The monoisotopic (exact) mass is 2240 g/mol. The summed E-state index contributed by atoms with van der Waals surface area (Å²) in [5.41, 5.74) is 23.9. The van der Waals surface area contributed by atoms with E-state index in [1.54, 1.807) is 89.8 Å². The Kier molecular flexibility index (Phi) is 33.4. The fourth-order valence-corrected chi connectivity index (χ4v) is 31.0. The number of halogens is 6. The van der Waals surface area contributed by atoms with Crippen LogP contribution >= 0.6 is 86.2 Å². The molecule has 6 aromatic rings. The number of hydrogen-bond acceptors (Lipinski definition) is 24. The summed E-state index contributed by atoms with van der Waals surface area (Å²) in [5.74, 6) is 4.04. The number of nitrogens with one attached hydrogen (secondary N) is 3. The number of guanidine groups is 3. The predicted octanol–water partition coefficient (Wildman–Crippen LogP) is 16.4. The van der Waals surface area contributed by atoms with Crippen LogP contribution in [0.15, 0.2) is 129 Å². The molecule has 150 heavy (non-hydrogen) atoms. The number of rotatable bonds is 6. The van der Waals surface area contributed by atoms with Crippen molar-refractivity contribution in [2.45, 2.75) is 277 Å². The fraction of sp³-hybridized carbons (Fsp3) is 0.568. The Labute approximate surface area is 918 Å². The zero-order valence-electron chi connectivity index (χ0n) is 86.2. The van der Waals surface area contributed by atoms with Crippen LogP contribution in [-0.4, -0.2) is 239 Å². The number of carbonyl (C=O) groups excluding carboxylic acids is 8. The molecule has 18 aliphatic rings. The molecule has 32 nitrogen and oxygen atoms in total. The molecule has 10 amide bonds. The number of aliphatic hydroxyl groups is 1. The summed E-state index contributed by atoms with van der Waals surface area (Å²) >= 11 is 40.2. The molecule has 6 aliphatic heterocycles. The van der Waals surface area contributed by atoms with E-state index in [1.807, 2.05) is 97.1 Å². The van der Waals surface area contributed by atoms with Gasteiger partial charge in [0.2, 0.25) is 0 Å². The van der Waals surface area contributed by atoms with E-state index in [-0.39, 0.29) is 131 Å². The number of methoxy groups -OCH3 is 6. The summed E-state index contributed by atoms with van der Waals surface area (Å²) < 4.78 is 34.1. The predicted molar refractivity (Wildman–Crippen MR) is 586 cm³/mol. The minimum absolute atomic E-state index is 0. The van der Waals surface area contributed by atoms with Crippen LogP contribution in [0, 0.1) is 32.5 Å². The van der Waals surface area contributed by atoms with Crippen LogP contribution in [0.5, 0.6) is 0 Å². The van der Waals surface area contributed by atoms with Crippen LogP contribution in [-0.2, 0) is 129 Å². The first-order valence-electron chi connectivity index (χ1n) is 50.9. The highest BCUT2D eigenvalue weighted by atomic mass is 79.9. The van der Waals surface area contributed by atoms with E-state index >= 15 is 0 Å². The molecule has 6 atom stereocenters. The van der Waals surface area contributed by atoms with E-state index in [0.29, 0.717) is 48.1 Å². The van der Waals surface area contributed by atoms with Gasteiger partial charge in [0.15, 0.2) is 56.2 Å². The summed E-state index contributed by atoms with van der Waals surface area (Å²) in [6.07, 6.45) is 28.4. The van der Waals surface area contributed by atoms with Crippen molar-refractivity contribution < 1.29 is 77.1 Å². The molecule has 6 heterocycles. The van der Waals surface area contributed by atoms with Gasteiger partial charge in [0.1, 0.15) is 0 Å². The van der Waals surface area contributed by atoms with E-state index in [1.165, 1.54) is 30.1 Å². The lowest BCUT2D eigenvalue weighted by molar-refractivity contribution is -0.138. The second-order valence-corrected chi connectivity index (χ2v) is 46.9. The summed E-state index contributed by atoms with van der Waals surface area (Å²) in [6.45, 7) is 0. The van der Waals surface area contributed by atoms with Crippen molar-refractivity contribution in [3.63, 3.8) is 0 Å². The Morgan fingerprint density at radius 2 is 0.513 bits per heavy atom. The number of aliphatic imine (C=N–C) groups is 3. The van der Waals surface area contributed by atoms with Crippen LogP contribution in [0.2, 0.25) is 25.1 Å². The van der Waals surface area contributed by atoms with Gasteiger partial charge in [-0.2, -0.15) is 0 Å². The highest BCUT2D eigenvalue weighted by molar-refractivity contribution is 9.10. The molecule has 39 heteroatoms. The molecule has 0 radical (unpaired) electrons. The highest BCUT2D eigenvalue weighted by Gasteiger charge is 2.74. The number of nitrogens with zero attached hydrogens (tertiary/aromatic N) is 9. The molecule has 9 fully saturated rings. The van der Waals surface area contributed by atoms with Crippen LogP contribution in [0.25, 0.3) is 0 Å². The number of likely N-dealkylation sites (N-methyl/N-ethyl adjacent to an activating group) is 6. The van der Waals surface area contributed by atoms with Crippen LogP contribution < -0.4 is 39.0 Å². The normalized spacial score (nSPS) is 33.6. The van der Waals surface area contributed by atoms with Crippen LogP contribution in [0.4, 0.5) is 9.59 Å². The summed E-state index contributed by atoms with van der Waals surface area (Å²) in [5, 5.41) is 26.7. The summed E-state index contributed by atoms with van der Waals surface area (Å²) in [7, 11) is 21.5. The number of ether oxygens (including phenoxy) is 6. The number of urea groups is 2. The third kappa shape index (κ3) is 17.7. The minimum atomic E-state index is -0.988. The topological polar surface area (TPSA) is 429 Å². The average molecular weight is 2250 g/mol. The number of nitrogens with two attached hydrogens (primary N) is 4. The molecular weight excluding hydrogens is 2100 g/mol. The third-order valence-corrected chi connectivity index (χ3v) is 39.5. The number of amides is 10. The Bertz CT molecular complexity index is 5760. The Hall–Kier alpha value is -9.05. The Balaban J connectivity index is 0.000000133. The molecule has 4 unspecified atom stereocenters. The van der Waals surface area contributed by atoms with Crippen molar-refractivity contribution in [3.05, 3.63) is 206 Å². The standard InChI is InChI=1S/C18H21BrN2O3.3C18H22ClN3O2.C18H21ClN2O3.C18H21ClN2O2S.CH4O.2CH4.H3NO/c1-21-15(22)18(20-16(21)23)14-9-12(19)4-3-11(14)10-17(18)7-5-13(24-2)6-8-17;3*1-22-15(23)18(21-16(22)20)14-9-12(19)4-3-11(14)10-17(18)7-5-13(24-2)6-8-17;1-21-15(22)18(20-16(21)23)14-9-12(19)4-3-11(14)10-17(18)7-5-13(24-2)6-8-17;1-21-15(22)18(20-16(21)24)14-9-12(19)4-3-11(14)10-17(18)7-5-13(23-2)6-8-17;1-2;;;1-2/h3-4,9,13H,5-8,10H2,1-2H3,(H,20,23);3*3-4,9,13H,5-8,10H2,1-2H3,(H2,20,21);3-4,9,13H,5-8,10H2,1-2H3,(H,20,23);3-4,9,13H,5-8,10H2,1-2H3,(H,20,24);2H,1H3;2*1H4;2H,1H2/t;2*13?,17?,18-;;;;;;;/m.10......./s1. The van der Waals surface area contributed by atoms with Gasteiger partial charge >= 0.3 is 12.1 Å². The largest absolute Gasteiger partial charge is 0.400 e. The molecule has 812 valence electrons. The zero-order valence-corrected chi connectivity index (χ0v) is 92.4. The van der Waals surface area contributed by atoms with Gasteiger partial charge in [0.05, 0.1) is 36.6 Å². The smallest absolute Gasteiger partial charge is 0.325 e. The first kappa shape index (κ1) is 115. The van der Waals surface area contributed by atoms with Crippen molar-refractivity contribution in [3.8, 4) is 0 Å². The maximum absolute atomic E-state index is 13.3. The molecule has 3 saturated heterocycles. The average Bonchev–Trinajstić information content (AvgIpc) is 1.55. The molecule has 6 aromatic carbocycles. The number of thiocarbonyl (C=S) groups is 1. The van der Waals surface area contributed by atoms with Gasteiger partial charge < -0.3 is 71.9 Å². The zero-order chi connectivity index (χ0) is 107. The van der Waals surface area contributed by atoms with Gasteiger partial charge in [-0.25, -0.2) is 30.5 Å². The molecular formula is C111H144BrCl5N16O16S. The number of carbonyl (C=O) groups is 8. The lowest BCUT2D eigenvalue weighted by atomic mass is 9.61. The van der Waals surface area contributed by atoms with Crippen LogP contribution in [0.1, 0.15) is 236 Å². The SMILES string of the molecule is C.C.CO.COC1CCC2(CC1)Cc1ccc(Br)cc1C21NC(=O)N(C)C1=O.COC1CCC2(CC1)Cc1ccc(Cl)cc1C21N=C(N)N(C)C1=O.COC1CCC2(CC1)Cc1ccc(Cl)cc1C21NC(=O)N(C)C1=O.COC1CCC2(CC1)Cc1ccc(Cl)cc1C21NC(=S)N(C)C1=O.COC1CCC2(CC1)Cc1ccc(Cl)cc1[C@@]21N=C(N)N(C)C1=O.COC1CCC2(CC1)Cc1ccc(Cl)cc1[C@]21N=C(N)N(C)C1=O.NO. The van der Waals surface area contributed by atoms with E-state index < -0.39 is 33.2 Å². The molecule has 12 aliphatic carbocycles. The lowest BCUT2D eigenvalue weighted by Crippen LogP contribution is -2.56. The van der Waals surface area contributed by atoms with Gasteiger partial charge in [-0.3, -0.25) is 58.2 Å². The van der Waals surface area contributed by atoms with Crippen molar-refractivity contribution in [1.29, 1.82) is 0 Å². The quantitative estimate of drug-likeness (QED) is 0.0425. The van der Waals surface area contributed by atoms with Crippen molar-refractivity contribution in [1.82, 2.24) is 45.3 Å². The van der Waals surface area contributed by atoms with Gasteiger partial charge in [-0.15, -0.1) is 0 Å². The van der Waals surface area contributed by atoms with E-state index in [4.69, 9.17) is 141 Å². The third-order valence-electron chi connectivity index (χ3n) is 37.4. The van der Waals surface area contributed by atoms with E-state index in [9.17, 15) is 38.4 Å². The van der Waals surface area contributed by atoms with Crippen molar-refractivity contribution in [2.24, 2.45) is 70.6 Å². The lowest BCUT2D eigenvalue weighted by Gasteiger charge is -2.46. The van der Waals surface area contributed by atoms with Crippen molar-refractivity contribution >= 4 is 157 Å². The number of fused-ring (bicyclic) bond motifs is 18. The minimum Gasteiger partial charge on any atom is -0.400 e. The maximum Gasteiger partial charge on any atom is 0.325 e. The Morgan fingerprint density at radius 3 is 0.720 bits per heavy atom. The van der Waals surface area contributed by atoms with Gasteiger partial charge in [-0.1, -0.05) is 125 Å². The number of hydrogen-bond donors (Lipinski definition) is 9. The highest BCUT2D eigenvalue weighted by Crippen LogP contribution is 2.69. The fourth-order valence-electron chi connectivity index (χ4n) is 29.5.